The average molecular weight is 411 g/mol. The van der Waals surface area contributed by atoms with E-state index in [1.54, 1.807) is 0 Å². The molecule has 0 spiro atoms. The van der Waals surface area contributed by atoms with E-state index in [-0.39, 0.29) is 23.8 Å². The highest BCUT2D eigenvalue weighted by molar-refractivity contribution is 7.18. The Labute approximate surface area is 174 Å². The van der Waals surface area contributed by atoms with E-state index in [1.807, 2.05) is 31.2 Å². The Kier molecular flexibility index (Phi) is 4.65. The van der Waals surface area contributed by atoms with Crippen molar-refractivity contribution < 1.29 is 9.59 Å². The zero-order valence-electron chi connectivity index (χ0n) is 16.6. The van der Waals surface area contributed by atoms with Crippen molar-refractivity contribution in [1.82, 2.24) is 15.5 Å². The SMILES string of the molecule is Cc1ccc(-c2nnc(NC(=O)CNC(=O)C34CC5CC(CC(C5)C3)C4)s2)cc1. The van der Waals surface area contributed by atoms with Crippen LogP contribution in [-0.2, 0) is 9.59 Å². The number of benzene rings is 1. The van der Waals surface area contributed by atoms with E-state index < -0.39 is 0 Å². The van der Waals surface area contributed by atoms with Crippen LogP contribution in [0, 0.1) is 30.1 Å². The quantitative estimate of drug-likeness (QED) is 0.786. The average Bonchev–Trinajstić information content (AvgIpc) is 3.14. The Morgan fingerprint density at radius 3 is 2.28 bits per heavy atom. The molecule has 29 heavy (non-hydrogen) atoms. The highest BCUT2D eigenvalue weighted by Gasteiger charge is 2.54. The molecule has 0 radical (unpaired) electrons. The number of amides is 2. The molecule has 0 atom stereocenters. The molecule has 7 heteroatoms. The maximum Gasteiger partial charge on any atom is 0.245 e. The maximum atomic E-state index is 13.0. The molecule has 4 fully saturated rings. The van der Waals surface area contributed by atoms with Crippen molar-refractivity contribution in [1.29, 1.82) is 0 Å². The number of carbonyl (C=O) groups is 2. The van der Waals surface area contributed by atoms with Crippen LogP contribution in [0.5, 0.6) is 0 Å². The number of aromatic nitrogens is 2. The van der Waals surface area contributed by atoms with Crippen LogP contribution in [0.25, 0.3) is 10.6 Å². The molecular weight excluding hydrogens is 384 g/mol. The lowest BCUT2D eigenvalue weighted by Crippen LogP contribution is -2.54. The van der Waals surface area contributed by atoms with Crippen LogP contribution in [0.1, 0.15) is 44.1 Å². The van der Waals surface area contributed by atoms with E-state index in [0.29, 0.717) is 22.9 Å². The number of nitrogens with one attached hydrogen (secondary N) is 2. The number of carbonyl (C=O) groups excluding carboxylic acids is 2. The highest BCUT2D eigenvalue weighted by Crippen LogP contribution is 2.60. The Balaban J connectivity index is 1.17. The van der Waals surface area contributed by atoms with Crippen LogP contribution in [0.4, 0.5) is 5.13 Å². The Morgan fingerprint density at radius 1 is 1.03 bits per heavy atom. The highest BCUT2D eigenvalue weighted by atomic mass is 32.1. The first-order valence-electron chi connectivity index (χ1n) is 10.5. The van der Waals surface area contributed by atoms with Crippen LogP contribution in [-0.4, -0.2) is 28.6 Å². The van der Waals surface area contributed by atoms with E-state index in [0.717, 1.165) is 29.8 Å². The first kappa shape index (κ1) is 18.7. The van der Waals surface area contributed by atoms with E-state index in [9.17, 15) is 9.59 Å². The molecule has 4 saturated carbocycles. The fraction of sp³-hybridized carbons (Fsp3) is 0.545. The molecule has 2 N–H and O–H groups in total. The molecule has 6 nitrogen and oxygen atoms in total. The molecule has 1 heterocycles. The van der Waals surface area contributed by atoms with E-state index in [2.05, 4.69) is 20.8 Å². The fourth-order valence-electron chi connectivity index (χ4n) is 5.99. The standard InChI is InChI=1S/C22H26N4O2S/c1-13-2-4-17(5-3-13)19-25-26-21(29-19)24-18(27)12-23-20(28)22-9-14-6-15(10-22)8-16(7-14)11-22/h2-5,14-16H,6-12H2,1H3,(H,23,28)(H,24,26,27). The van der Waals surface area contributed by atoms with Crippen molar-refractivity contribution in [2.75, 3.05) is 11.9 Å². The van der Waals surface area contributed by atoms with Gasteiger partial charge in [-0.05, 0) is 63.2 Å². The summed E-state index contributed by atoms with van der Waals surface area (Å²) in [5.74, 6) is 1.95. The Bertz CT molecular complexity index is 901. The first-order chi connectivity index (χ1) is 14.0. The second-order valence-electron chi connectivity index (χ2n) is 9.21. The van der Waals surface area contributed by atoms with Gasteiger partial charge in [0.1, 0.15) is 5.01 Å². The first-order valence-corrected chi connectivity index (χ1v) is 11.3. The molecular formula is C22H26N4O2S. The van der Waals surface area contributed by atoms with Crippen LogP contribution in [0.2, 0.25) is 0 Å². The minimum atomic E-state index is -0.255. The van der Waals surface area contributed by atoms with Crippen LogP contribution in [0.3, 0.4) is 0 Å². The predicted molar refractivity (Wildman–Crippen MR) is 112 cm³/mol. The molecule has 0 aliphatic heterocycles. The Hall–Kier alpha value is -2.28. The van der Waals surface area contributed by atoms with Crippen LogP contribution in [0.15, 0.2) is 24.3 Å². The molecule has 6 rings (SSSR count). The summed E-state index contributed by atoms with van der Waals surface area (Å²) in [7, 11) is 0. The van der Waals surface area contributed by atoms with Gasteiger partial charge in [0.05, 0.1) is 6.54 Å². The van der Waals surface area contributed by atoms with Crippen molar-refractivity contribution in [3.63, 3.8) is 0 Å². The van der Waals surface area contributed by atoms with E-state index in [1.165, 1.54) is 36.2 Å². The zero-order chi connectivity index (χ0) is 20.0. The lowest BCUT2D eigenvalue weighted by atomic mass is 9.49. The van der Waals surface area contributed by atoms with Gasteiger partial charge in [-0.2, -0.15) is 0 Å². The van der Waals surface area contributed by atoms with Crippen molar-refractivity contribution in [2.24, 2.45) is 23.2 Å². The zero-order valence-corrected chi connectivity index (χ0v) is 17.4. The lowest BCUT2D eigenvalue weighted by Gasteiger charge is -2.55. The monoisotopic (exact) mass is 410 g/mol. The molecule has 2 aromatic rings. The van der Waals surface area contributed by atoms with Crippen molar-refractivity contribution >= 4 is 28.3 Å². The normalized spacial score (nSPS) is 29.6. The van der Waals surface area contributed by atoms with Gasteiger partial charge in [0.15, 0.2) is 0 Å². The van der Waals surface area contributed by atoms with Crippen LogP contribution < -0.4 is 10.6 Å². The largest absolute Gasteiger partial charge is 0.347 e. The molecule has 4 aliphatic rings. The number of nitrogens with zero attached hydrogens (tertiary/aromatic N) is 2. The molecule has 1 aromatic heterocycles. The molecule has 0 saturated heterocycles. The molecule has 0 unspecified atom stereocenters. The molecule has 152 valence electrons. The van der Waals surface area contributed by atoms with Crippen molar-refractivity contribution in [3.8, 4) is 10.6 Å². The number of hydrogen-bond donors (Lipinski definition) is 2. The van der Waals surface area contributed by atoms with Gasteiger partial charge < -0.3 is 5.32 Å². The number of anilines is 1. The summed E-state index contributed by atoms with van der Waals surface area (Å²) in [4.78, 5) is 25.3. The van der Waals surface area contributed by atoms with E-state index in [4.69, 9.17) is 0 Å². The molecule has 4 bridgehead atoms. The molecule has 2 amide bonds. The van der Waals surface area contributed by atoms with Gasteiger partial charge in [0.25, 0.3) is 0 Å². The lowest BCUT2D eigenvalue weighted by molar-refractivity contribution is -0.146. The minimum Gasteiger partial charge on any atom is -0.347 e. The summed E-state index contributed by atoms with van der Waals surface area (Å²) in [6.07, 6.45) is 6.91. The third-order valence-corrected chi connectivity index (χ3v) is 7.79. The van der Waals surface area contributed by atoms with Crippen molar-refractivity contribution in [3.05, 3.63) is 29.8 Å². The van der Waals surface area contributed by atoms with Gasteiger partial charge in [-0.25, -0.2) is 0 Å². The van der Waals surface area contributed by atoms with Gasteiger partial charge in [0.2, 0.25) is 16.9 Å². The third-order valence-electron chi connectivity index (χ3n) is 6.90. The van der Waals surface area contributed by atoms with E-state index >= 15 is 0 Å². The minimum absolute atomic E-state index is 0.0139. The summed E-state index contributed by atoms with van der Waals surface area (Å²) < 4.78 is 0. The second kappa shape index (κ2) is 7.20. The third kappa shape index (κ3) is 3.68. The van der Waals surface area contributed by atoms with Gasteiger partial charge in [0, 0.05) is 11.0 Å². The number of rotatable bonds is 5. The van der Waals surface area contributed by atoms with Gasteiger partial charge >= 0.3 is 0 Å². The summed E-state index contributed by atoms with van der Waals surface area (Å²) in [6, 6.07) is 8.03. The van der Waals surface area contributed by atoms with Crippen molar-refractivity contribution in [2.45, 2.75) is 45.4 Å². The smallest absolute Gasteiger partial charge is 0.245 e. The maximum absolute atomic E-state index is 13.0. The number of hydrogen-bond acceptors (Lipinski definition) is 5. The topological polar surface area (TPSA) is 84.0 Å². The molecule has 1 aromatic carbocycles. The Morgan fingerprint density at radius 2 is 1.66 bits per heavy atom. The fourth-order valence-corrected chi connectivity index (χ4v) is 6.75. The summed E-state index contributed by atoms with van der Waals surface area (Å²) in [6.45, 7) is 2.02. The van der Waals surface area contributed by atoms with Gasteiger partial charge in [-0.3, -0.25) is 14.9 Å². The summed E-state index contributed by atoms with van der Waals surface area (Å²) in [5.41, 5.74) is 1.93. The molecule has 4 aliphatic carbocycles. The van der Waals surface area contributed by atoms with Crippen LogP contribution >= 0.6 is 11.3 Å². The summed E-state index contributed by atoms with van der Waals surface area (Å²) in [5, 5.41) is 15.1. The number of aryl methyl sites for hydroxylation is 1. The predicted octanol–water partition coefficient (Wildman–Crippen LogP) is 3.78. The summed E-state index contributed by atoms with van der Waals surface area (Å²) >= 11 is 1.33. The van der Waals surface area contributed by atoms with Gasteiger partial charge in [-0.15, -0.1) is 10.2 Å². The second-order valence-corrected chi connectivity index (χ2v) is 10.2. The van der Waals surface area contributed by atoms with Gasteiger partial charge in [-0.1, -0.05) is 41.2 Å².